The van der Waals surface area contributed by atoms with E-state index in [2.05, 4.69) is 36.5 Å². The van der Waals surface area contributed by atoms with Gasteiger partial charge in [0.05, 0.1) is 0 Å². The fraction of sp³-hybridized carbons (Fsp3) is 0.625. The summed E-state index contributed by atoms with van der Waals surface area (Å²) < 4.78 is 35.9. The molecule has 1 aliphatic carbocycles. The second-order valence-corrected chi connectivity index (χ2v) is 5.80. The van der Waals surface area contributed by atoms with E-state index in [1.165, 1.54) is 11.1 Å². The molecule has 1 aromatic carbocycles. The number of benzene rings is 1. The highest BCUT2D eigenvalue weighted by molar-refractivity contribution is 5.26. The summed E-state index contributed by atoms with van der Waals surface area (Å²) >= 11 is 0. The van der Waals surface area contributed by atoms with Crippen molar-refractivity contribution in [3.8, 4) is 0 Å². The van der Waals surface area contributed by atoms with Gasteiger partial charge < -0.3 is 5.32 Å². The average molecular weight is 285 g/mol. The molecular weight excluding hydrogens is 263 g/mol. The Balaban J connectivity index is 1.57. The van der Waals surface area contributed by atoms with Crippen molar-refractivity contribution in [3.05, 3.63) is 35.4 Å². The van der Waals surface area contributed by atoms with Gasteiger partial charge in [-0.15, -0.1) is 0 Å². The highest BCUT2D eigenvalue weighted by atomic mass is 19.4. The van der Waals surface area contributed by atoms with Gasteiger partial charge >= 0.3 is 6.18 Å². The van der Waals surface area contributed by atoms with Crippen molar-refractivity contribution in [3.63, 3.8) is 0 Å². The summed E-state index contributed by atoms with van der Waals surface area (Å²) in [6.07, 6.45) is -1.64. The maximum atomic E-state index is 12.0. The largest absolute Gasteiger partial charge is 0.389 e. The van der Waals surface area contributed by atoms with E-state index in [1.54, 1.807) is 0 Å². The zero-order valence-corrected chi connectivity index (χ0v) is 11.8. The molecule has 1 fully saturated rings. The van der Waals surface area contributed by atoms with Crippen molar-refractivity contribution >= 4 is 0 Å². The molecule has 4 heteroatoms. The fourth-order valence-electron chi connectivity index (χ4n) is 2.65. The van der Waals surface area contributed by atoms with Gasteiger partial charge in [-0.25, -0.2) is 0 Å². The molecule has 112 valence electrons. The number of alkyl halides is 3. The molecule has 1 aromatic rings. The van der Waals surface area contributed by atoms with E-state index in [0.717, 1.165) is 12.8 Å². The summed E-state index contributed by atoms with van der Waals surface area (Å²) in [6, 6.07) is 9.10. The monoisotopic (exact) mass is 285 g/mol. The Kier molecular flexibility index (Phi) is 5.08. The molecule has 0 amide bonds. The first-order valence-corrected chi connectivity index (χ1v) is 7.31. The number of nitrogens with one attached hydrogen (secondary N) is 1. The van der Waals surface area contributed by atoms with Crippen LogP contribution in [0.2, 0.25) is 0 Å². The first-order valence-electron chi connectivity index (χ1n) is 7.31. The standard InChI is InChI=1S/C16H22F3N/c1-12-4-6-13(7-5-12)14-10-15(11-14)20-9-3-2-8-16(17,18)19/h4-7,14-15,20H,2-3,8-11H2,1H3. The summed E-state index contributed by atoms with van der Waals surface area (Å²) in [5.74, 6) is 0.614. The first kappa shape index (κ1) is 15.4. The van der Waals surface area contributed by atoms with E-state index in [1.807, 2.05) is 0 Å². The van der Waals surface area contributed by atoms with Crippen LogP contribution in [0.5, 0.6) is 0 Å². The van der Waals surface area contributed by atoms with E-state index < -0.39 is 12.6 Å². The lowest BCUT2D eigenvalue weighted by Crippen LogP contribution is -2.40. The summed E-state index contributed by atoms with van der Waals surface area (Å²) in [7, 11) is 0. The van der Waals surface area contributed by atoms with Gasteiger partial charge in [0.2, 0.25) is 0 Å². The Bertz CT molecular complexity index is 405. The molecule has 0 radical (unpaired) electrons. The molecule has 0 bridgehead atoms. The van der Waals surface area contributed by atoms with Crippen molar-refractivity contribution < 1.29 is 13.2 Å². The second kappa shape index (κ2) is 6.61. The van der Waals surface area contributed by atoms with Gasteiger partial charge in [0.1, 0.15) is 0 Å². The van der Waals surface area contributed by atoms with Crippen LogP contribution < -0.4 is 5.32 Å². The van der Waals surface area contributed by atoms with Crippen LogP contribution in [0.1, 0.15) is 49.1 Å². The maximum absolute atomic E-state index is 12.0. The van der Waals surface area contributed by atoms with Gasteiger partial charge in [0.25, 0.3) is 0 Å². The Labute approximate surface area is 118 Å². The molecule has 20 heavy (non-hydrogen) atoms. The van der Waals surface area contributed by atoms with Gasteiger partial charge in [0, 0.05) is 12.5 Å². The van der Waals surface area contributed by atoms with E-state index in [-0.39, 0.29) is 6.42 Å². The molecule has 1 aliphatic rings. The van der Waals surface area contributed by atoms with Gasteiger partial charge in [-0.05, 0) is 50.6 Å². The number of halogens is 3. The Morgan fingerprint density at radius 1 is 1.10 bits per heavy atom. The van der Waals surface area contributed by atoms with Crippen molar-refractivity contribution in [1.29, 1.82) is 0 Å². The van der Waals surface area contributed by atoms with Gasteiger partial charge in [-0.2, -0.15) is 13.2 Å². The highest BCUT2D eigenvalue weighted by Crippen LogP contribution is 2.36. The van der Waals surface area contributed by atoms with Gasteiger partial charge in [-0.3, -0.25) is 0 Å². The molecule has 0 aromatic heterocycles. The number of hydrogen-bond donors (Lipinski definition) is 1. The van der Waals surface area contributed by atoms with Crippen LogP contribution in [0.4, 0.5) is 13.2 Å². The molecule has 0 unspecified atom stereocenters. The third-order valence-electron chi connectivity index (χ3n) is 4.01. The third kappa shape index (κ3) is 4.82. The first-order chi connectivity index (χ1) is 9.44. The Morgan fingerprint density at radius 2 is 1.75 bits per heavy atom. The zero-order chi connectivity index (χ0) is 14.6. The van der Waals surface area contributed by atoms with Gasteiger partial charge in [0.15, 0.2) is 0 Å². The molecule has 2 rings (SSSR count). The van der Waals surface area contributed by atoms with Crippen molar-refractivity contribution in [2.24, 2.45) is 0 Å². The quantitative estimate of drug-likeness (QED) is 0.755. The molecule has 0 atom stereocenters. The minimum Gasteiger partial charge on any atom is -0.314 e. The Morgan fingerprint density at radius 3 is 2.35 bits per heavy atom. The highest BCUT2D eigenvalue weighted by Gasteiger charge is 2.30. The van der Waals surface area contributed by atoms with E-state index in [9.17, 15) is 13.2 Å². The molecule has 1 nitrogen and oxygen atoms in total. The summed E-state index contributed by atoms with van der Waals surface area (Å²) in [5, 5.41) is 3.35. The van der Waals surface area contributed by atoms with Gasteiger partial charge in [-0.1, -0.05) is 29.8 Å². The minimum atomic E-state index is -4.01. The molecule has 0 saturated heterocycles. The number of hydrogen-bond acceptors (Lipinski definition) is 1. The lowest BCUT2D eigenvalue weighted by molar-refractivity contribution is -0.135. The normalized spacial score (nSPS) is 22.6. The van der Waals surface area contributed by atoms with Crippen LogP contribution in [-0.4, -0.2) is 18.8 Å². The number of aryl methyl sites for hydroxylation is 1. The molecule has 0 heterocycles. The van der Waals surface area contributed by atoms with E-state index in [4.69, 9.17) is 0 Å². The van der Waals surface area contributed by atoms with Crippen LogP contribution in [0.3, 0.4) is 0 Å². The fourth-order valence-corrected chi connectivity index (χ4v) is 2.65. The summed E-state index contributed by atoms with van der Waals surface area (Å²) in [5.41, 5.74) is 2.65. The molecule has 1 saturated carbocycles. The van der Waals surface area contributed by atoms with Crippen LogP contribution in [-0.2, 0) is 0 Å². The topological polar surface area (TPSA) is 12.0 Å². The van der Waals surface area contributed by atoms with Crippen molar-refractivity contribution in [2.45, 2.75) is 57.2 Å². The van der Waals surface area contributed by atoms with Crippen LogP contribution in [0.15, 0.2) is 24.3 Å². The maximum Gasteiger partial charge on any atom is 0.389 e. The lowest BCUT2D eigenvalue weighted by Gasteiger charge is -2.36. The van der Waals surface area contributed by atoms with Crippen molar-refractivity contribution in [2.75, 3.05) is 6.54 Å². The zero-order valence-electron chi connectivity index (χ0n) is 11.8. The second-order valence-electron chi connectivity index (χ2n) is 5.80. The number of rotatable bonds is 6. The van der Waals surface area contributed by atoms with Crippen molar-refractivity contribution in [1.82, 2.24) is 5.32 Å². The predicted molar refractivity (Wildman–Crippen MR) is 74.9 cm³/mol. The average Bonchev–Trinajstić information content (AvgIpc) is 2.31. The van der Waals surface area contributed by atoms with E-state index in [0.29, 0.717) is 24.9 Å². The molecule has 1 N–H and O–H groups in total. The predicted octanol–water partition coefficient (Wildman–Crippen LogP) is 4.56. The Hall–Kier alpha value is -1.03. The summed E-state index contributed by atoms with van der Waals surface area (Å²) in [6.45, 7) is 2.78. The molecular formula is C16H22F3N. The third-order valence-corrected chi connectivity index (χ3v) is 4.01. The lowest BCUT2D eigenvalue weighted by atomic mass is 9.76. The molecule has 0 aliphatic heterocycles. The SMILES string of the molecule is Cc1ccc(C2CC(NCCCCC(F)(F)F)C2)cc1. The number of unbranched alkanes of at least 4 members (excludes halogenated alkanes) is 1. The van der Waals surface area contributed by atoms with Crippen LogP contribution >= 0.6 is 0 Å². The summed E-state index contributed by atoms with van der Waals surface area (Å²) in [4.78, 5) is 0. The van der Waals surface area contributed by atoms with Crippen LogP contribution in [0, 0.1) is 6.92 Å². The van der Waals surface area contributed by atoms with E-state index >= 15 is 0 Å². The van der Waals surface area contributed by atoms with Crippen LogP contribution in [0.25, 0.3) is 0 Å². The molecule has 0 spiro atoms. The smallest absolute Gasteiger partial charge is 0.314 e. The minimum absolute atomic E-state index is 0.227.